The zero-order chi connectivity index (χ0) is 19.1. The highest BCUT2D eigenvalue weighted by molar-refractivity contribution is 5.90. The van der Waals surface area contributed by atoms with Crippen molar-refractivity contribution >= 4 is 23.4 Å². The molecule has 146 valence electrons. The van der Waals surface area contributed by atoms with Crippen LogP contribution in [0.4, 0.5) is 20.6 Å². The minimum absolute atomic E-state index is 0.190. The van der Waals surface area contributed by atoms with Gasteiger partial charge in [-0.3, -0.25) is 9.69 Å². The van der Waals surface area contributed by atoms with E-state index >= 15 is 0 Å². The van der Waals surface area contributed by atoms with Crippen molar-refractivity contribution in [1.29, 1.82) is 0 Å². The van der Waals surface area contributed by atoms with Gasteiger partial charge >= 0.3 is 6.09 Å². The van der Waals surface area contributed by atoms with Gasteiger partial charge in [0.05, 0.1) is 24.5 Å². The van der Waals surface area contributed by atoms with E-state index in [1.165, 1.54) is 17.9 Å². The Bertz CT molecular complexity index is 746. The third-order valence-electron chi connectivity index (χ3n) is 5.87. The second-order valence-corrected chi connectivity index (χ2v) is 7.60. The highest BCUT2D eigenvalue weighted by Gasteiger charge is 2.55. The van der Waals surface area contributed by atoms with Crippen molar-refractivity contribution in [3.63, 3.8) is 0 Å². The van der Waals surface area contributed by atoms with Crippen molar-refractivity contribution in [2.45, 2.75) is 19.4 Å². The Labute approximate surface area is 157 Å². The third-order valence-corrected chi connectivity index (χ3v) is 5.87. The molecule has 4 rings (SSSR count). The monoisotopic (exact) mass is 377 g/mol. The molecule has 0 radical (unpaired) electrons. The van der Waals surface area contributed by atoms with Gasteiger partial charge in [0.1, 0.15) is 11.9 Å². The summed E-state index contributed by atoms with van der Waals surface area (Å²) in [7, 11) is 0. The second kappa shape index (κ2) is 6.99. The van der Waals surface area contributed by atoms with Gasteiger partial charge in [-0.1, -0.05) is 0 Å². The number of carbonyl (C=O) groups is 2. The van der Waals surface area contributed by atoms with Crippen molar-refractivity contribution in [2.24, 2.45) is 17.8 Å². The molecular weight excluding hydrogens is 353 g/mol. The molecule has 1 saturated carbocycles. The number of aliphatic hydroxyl groups excluding tert-OH is 1. The maximum Gasteiger partial charge on any atom is 0.414 e. The van der Waals surface area contributed by atoms with Gasteiger partial charge < -0.3 is 20.1 Å². The Kier molecular flexibility index (Phi) is 4.67. The van der Waals surface area contributed by atoms with E-state index in [1.54, 1.807) is 12.1 Å². The molecule has 0 bridgehead atoms. The first-order valence-electron chi connectivity index (χ1n) is 9.36. The van der Waals surface area contributed by atoms with E-state index in [9.17, 15) is 14.0 Å². The van der Waals surface area contributed by atoms with E-state index in [2.05, 4.69) is 5.32 Å². The number of fused-ring (bicyclic) bond motifs is 1. The fraction of sp³-hybridized carbons (Fsp3) is 0.579. The first-order chi connectivity index (χ1) is 13.0. The topological polar surface area (TPSA) is 82.1 Å². The van der Waals surface area contributed by atoms with Crippen molar-refractivity contribution < 1.29 is 23.8 Å². The van der Waals surface area contributed by atoms with Crippen molar-refractivity contribution in [2.75, 3.05) is 42.6 Å². The minimum atomic E-state index is -0.535. The van der Waals surface area contributed by atoms with Crippen LogP contribution in [0.1, 0.15) is 13.3 Å². The molecule has 3 fully saturated rings. The van der Waals surface area contributed by atoms with E-state index in [4.69, 9.17) is 9.84 Å². The summed E-state index contributed by atoms with van der Waals surface area (Å²) in [4.78, 5) is 26.5. The fourth-order valence-electron chi connectivity index (χ4n) is 4.44. The number of rotatable bonds is 6. The zero-order valence-corrected chi connectivity index (χ0v) is 15.2. The molecular formula is C19H24FN3O4. The maximum absolute atomic E-state index is 14.7. The number of cyclic esters (lactones) is 1. The summed E-state index contributed by atoms with van der Waals surface area (Å²) in [5.41, 5.74) is 1.00. The number of benzene rings is 1. The van der Waals surface area contributed by atoms with Crippen LogP contribution in [0.2, 0.25) is 0 Å². The molecule has 8 heteroatoms. The van der Waals surface area contributed by atoms with E-state index < -0.39 is 12.2 Å². The molecule has 7 nitrogen and oxygen atoms in total. The lowest BCUT2D eigenvalue weighted by Crippen LogP contribution is -2.33. The molecule has 0 spiro atoms. The number of hydrogen-bond donors (Lipinski definition) is 2. The average molecular weight is 377 g/mol. The quantitative estimate of drug-likeness (QED) is 0.782. The summed E-state index contributed by atoms with van der Waals surface area (Å²) in [5.74, 6) is 1.14. The number of hydrogen-bond acceptors (Lipinski definition) is 5. The van der Waals surface area contributed by atoms with Crippen LogP contribution in [0.5, 0.6) is 0 Å². The van der Waals surface area contributed by atoms with Crippen LogP contribution in [-0.2, 0) is 9.53 Å². The summed E-state index contributed by atoms with van der Waals surface area (Å²) in [5, 5.41) is 11.7. The normalized spacial score (nSPS) is 28.9. The van der Waals surface area contributed by atoms with E-state index in [1.807, 2.05) is 4.90 Å². The molecule has 3 atom stereocenters. The number of halogens is 1. The van der Waals surface area contributed by atoms with Crippen LogP contribution in [0.15, 0.2) is 18.2 Å². The van der Waals surface area contributed by atoms with Crippen molar-refractivity contribution in [3.05, 3.63) is 24.0 Å². The largest absolute Gasteiger partial charge is 0.442 e. The number of amides is 2. The Morgan fingerprint density at radius 2 is 2.07 bits per heavy atom. The number of aliphatic hydroxyl groups is 1. The molecule has 27 heavy (non-hydrogen) atoms. The fourth-order valence-corrected chi connectivity index (χ4v) is 4.44. The molecule has 2 aliphatic heterocycles. The number of piperidine rings is 1. The molecule has 2 saturated heterocycles. The number of carbonyl (C=O) groups excluding carboxylic acids is 2. The van der Waals surface area contributed by atoms with Gasteiger partial charge in [0, 0.05) is 26.6 Å². The summed E-state index contributed by atoms with van der Waals surface area (Å²) in [6, 6.07) is 4.81. The standard InChI is InChI=1S/C19H24FN3O4/c1-11(25)21-7-13-8-23(19(26)27-13)12-2-3-18(17(20)6-12)22-9-15-14(4-5-24)16(15)10-22/h2-3,6,13-16,24H,4-5,7-10H2,1H3,(H,21,25)/t13-,14?,15?,16?/m0/s1. The second-order valence-electron chi connectivity index (χ2n) is 7.60. The number of nitrogens with one attached hydrogen (secondary N) is 1. The lowest BCUT2D eigenvalue weighted by atomic mass is 10.1. The lowest BCUT2D eigenvalue weighted by Gasteiger charge is -2.23. The van der Waals surface area contributed by atoms with E-state index in [-0.39, 0.29) is 31.4 Å². The van der Waals surface area contributed by atoms with Gasteiger partial charge in [0.25, 0.3) is 0 Å². The molecule has 0 aromatic heterocycles. The summed E-state index contributed by atoms with van der Waals surface area (Å²) >= 11 is 0. The predicted molar refractivity (Wildman–Crippen MR) is 97.1 cm³/mol. The predicted octanol–water partition coefficient (Wildman–Crippen LogP) is 1.35. The van der Waals surface area contributed by atoms with Gasteiger partial charge in [-0.2, -0.15) is 0 Å². The molecule has 3 aliphatic rings. The summed E-state index contributed by atoms with van der Waals surface area (Å²) in [6.45, 7) is 3.76. The highest BCUT2D eigenvalue weighted by atomic mass is 19.1. The van der Waals surface area contributed by atoms with Gasteiger partial charge in [-0.05, 0) is 42.4 Å². The molecule has 1 aromatic rings. The Morgan fingerprint density at radius 3 is 2.70 bits per heavy atom. The third kappa shape index (κ3) is 3.45. The SMILES string of the molecule is CC(=O)NC[C@H]1CN(c2ccc(N3CC4C(CCO)C4C3)c(F)c2)C(=O)O1. The van der Waals surface area contributed by atoms with Crippen LogP contribution >= 0.6 is 0 Å². The van der Waals surface area contributed by atoms with Crippen LogP contribution in [0.25, 0.3) is 0 Å². The smallest absolute Gasteiger partial charge is 0.414 e. The van der Waals surface area contributed by atoms with Crippen LogP contribution in [0.3, 0.4) is 0 Å². The Morgan fingerprint density at radius 1 is 1.33 bits per heavy atom. The van der Waals surface area contributed by atoms with Crippen LogP contribution in [0, 0.1) is 23.6 Å². The van der Waals surface area contributed by atoms with Gasteiger partial charge in [-0.15, -0.1) is 0 Å². The van der Waals surface area contributed by atoms with Gasteiger partial charge in [0.2, 0.25) is 5.91 Å². The van der Waals surface area contributed by atoms with Crippen LogP contribution in [-0.4, -0.2) is 56.0 Å². The minimum Gasteiger partial charge on any atom is -0.442 e. The van der Waals surface area contributed by atoms with Crippen LogP contribution < -0.4 is 15.1 Å². The van der Waals surface area contributed by atoms with Gasteiger partial charge in [-0.25, -0.2) is 9.18 Å². The van der Waals surface area contributed by atoms with Crippen molar-refractivity contribution in [1.82, 2.24) is 5.32 Å². The Hall–Kier alpha value is -2.35. The lowest BCUT2D eigenvalue weighted by molar-refractivity contribution is -0.119. The van der Waals surface area contributed by atoms with E-state index in [0.29, 0.717) is 29.1 Å². The van der Waals surface area contributed by atoms with Gasteiger partial charge in [0.15, 0.2) is 0 Å². The number of ether oxygens (including phenoxy) is 1. The van der Waals surface area contributed by atoms with E-state index in [0.717, 1.165) is 19.5 Å². The first-order valence-corrected chi connectivity index (χ1v) is 9.36. The molecule has 2 unspecified atom stereocenters. The Balaban J connectivity index is 1.39. The van der Waals surface area contributed by atoms with Crippen molar-refractivity contribution in [3.8, 4) is 0 Å². The zero-order valence-electron chi connectivity index (χ0n) is 15.2. The molecule has 2 N–H and O–H groups in total. The maximum atomic E-state index is 14.7. The molecule has 2 amide bonds. The average Bonchev–Trinajstić information content (AvgIpc) is 2.98. The number of anilines is 2. The number of nitrogens with zero attached hydrogens (tertiary/aromatic N) is 2. The first kappa shape index (κ1) is 18.0. The summed E-state index contributed by atoms with van der Waals surface area (Å²) in [6.07, 6.45) is -0.147. The summed E-state index contributed by atoms with van der Waals surface area (Å²) < 4.78 is 19.9. The molecule has 2 heterocycles. The molecule has 1 aromatic carbocycles. The highest BCUT2D eigenvalue weighted by Crippen LogP contribution is 2.54. The molecule has 1 aliphatic carbocycles.